The third kappa shape index (κ3) is 0.827. The zero-order valence-electron chi connectivity index (χ0n) is 6.43. The van der Waals surface area contributed by atoms with Gasteiger partial charge in [0.1, 0.15) is 17.8 Å². The maximum Gasteiger partial charge on any atom is 0.153 e. The van der Waals surface area contributed by atoms with Crippen LogP contribution in [0.5, 0.6) is 0 Å². The van der Waals surface area contributed by atoms with Crippen molar-refractivity contribution in [1.82, 2.24) is 15.0 Å². The number of rotatable bonds is 1. The molecular weight excluding hydrogens is 159 g/mol. The number of aromatic amines is 1. The summed E-state index contributed by atoms with van der Waals surface area (Å²) in [6.45, 7) is 0. The van der Waals surface area contributed by atoms with E-state index < -0.39 is 0 Å². The summed E-state index contributed by atoms with van der Waals surface area (Å²) >= 11 is 0. The van der Waals surface area contributed by atoms with Gasteiger partial charge in [0.25, 0.3) is 0 Å². The lowest BCUT2D eigenvalue weighted by Gasteiger charge is -1.98. The second-order valence-electron chi connectivity index (χ2n) is 2.33. The molecule has 62 valence electrons. The fourth-order valence-corrected chi connectivity index (χ4v) is 1.11. The number of anilines is 1. The van der Waals surface area contributed by atoms with Crippen LogP contribution in [0.3, 0.4) is 0 Å². The summed E-state index contributed by atoms with van der Waals surface area (Å²) < 4.78 is 13.0. The first-order valence-corrected chi connectivity index (χ1v) is 3.48. The van der Waals surface area contributed by atoms with Gasteiger partial charge < -0.3 is 10.3 Å². The van der Waals surface area contributed by atoms with Gasteiger partial charge in [-0.3, -0.25) is 0 Å². The molecule has 0 saturated heterocycles. The van der Waals surface area contributed by atoms with Crippen LogP contribution in [0.1, 0.15) is 0 Å². The van der Waals surface area contributed by atoms with Crippen molar-refractivity contribution in [2.75, 3.05) is 12.4 Å². The van der Waals surface area contributed by atoms with Crippen molar-refractivity contribution in [3.63, 3.8) is 0 Å². The van der Waals surface area contributed by atoms with E-state index in [4.69, 9.17) is 0 Å². The first-order valence-electron chi connectivity index (χ1n) is 3.48. The van der Waals surface area contributed by atoms with Gasteiger partial charge in [-0.2, -0.15) is 0 Å². The quantitative estimate of drug-likeness (QED) is 0.667. The molecule has 2 aromatic heterocycles. The Morgan fingerprint density at radius 1 is 1.50 bits per heavy atom. The Balaban J connectivity index is 2.84. The zero-order valence-corrected chi connectivity index (χ0v) is 6.43. The van der Waals surface area contributed by atoms with E-state index in [-0.39, 0.29) is 5.82 Å². The van der Waals surface area contributed by atoms with Crippen molar-refractivity contribution < 1.29 is 4.39 Å². The molecule has 0 aliphatic rings. The third-order valence-corrected chi connectivity index (χ3v) is 1.66. The highest BCUT2D eigenvalue weighted by Gasteiger charge is 2.08. The lowest BCUT2D eigenvalue weighted by molar-refractivity contribution is 0.639. The van der Waals surface area contributed by atoms with Gasteiger partial charge in [-0.05, 0) is 0 Å². The largest absolute Gasteiger partial charge is 0.372 e. The lowest BCUT2D eigenvalue weighted by Crippen LogP contribution is -1.94. The average Bonchev–Trinajstić information content (AvgIpc) is 2.48. The molecule has 0 amide bonds. The maximum atomic E-state index is 13.0. The molecule has 0 spiro atoms. The van der Waals surface area contributed by atoms with Crippen molar-refractivity contribution in [3.05, 3.63) is 18.3 Å². The fraction of sp³-hybridized carbons (Fsp3) is 0.143. The van der Waals surface area contributed by atoms with Gasteiger partial charge in [-0.1, -0.05) is 0 Å². The highest BCUT2D eigenvalue weighted by molar-refractivity contribution is 5.87. The van der Waals surface area contributed by atoms with E-state index in [1.165, 1.54) is 12.5 Å². The second kappa shape index (κ2) is 2.44. The molecule has 0 saturated carbocycles. The molecule has 2 N–H and O–H groups in total. The molecule has 2 aromatic rings. The summed E-state index contributed by atoms with van der Waals surface area (Å²) in [5.41, 5.74) is 0.506. The predicted molar refractivity (Wildman–Crippen MR) is 43.4 cm³/mol. The number of H-pyrrole nitrogens is 1. The van der Waals surface area contributed by atoms with Crippen LogP contribution in [0.2, 0.25) is 0 Å². The standard InChI is InChI=1S/C7H7FN4/c1-9-6-5-4(8)2-10-7(5)12-3-11-6/h2-3H,1H3,(H2,9,10,11,12). The summed E-state index contributed by atoms with van der Waals surface area (Å²) in [5.74, 6) is 0.161. The van der Waals surface area contributed by atoms with E-state index in [0.717, 1.165) is 0 Å². The molecule has 5 heteroatoms. The number of nitrogens with one attached hydrogen (secondary N) is 2. The molecule has 0 aliphatic carbocycles. The van der Waals surface area contributed by atoms with Crippen LogP contribution in [0.15, 0.2) is 12.5 Å². The molecule has 0 fully saturated rings. The molecule has 0 atom stereocenters. The first kappa shape index (κ1) is 7.02. The fourth-order valence-electron chi connectivity index (χ4n) is 1.11. The normalized spacial score (nSPS) is 10.5. The molecule has 0 aliphatic heterocycles. The Morgan fingerprint density at radius 2 is 2.33 bits per heavy atom. The lowest BCUT2D eigenvalue weighted by atomic mass is 10.3. The maximum absolute atomic E-state index is 13.0. The molecule has 2 rings (SSSR count). The van der Waals surface area contributed by atoms with E-state index in [1.54, 1.807) is 7.05 Å². The molecule has 0 unspecified atom stereocenters. The minimum atomic E-state index is -0.338. The Labute approximate surface area is 67.8 Å². The molecule has 0 bridgehead atoms. The van der Waals surface area contributed by atoms with Gasteiger partial charge in [-0.25, -0.2) is 14.4 Å². The molecule has 12 heavy (non-hydrogen) atoms. The van der Waals surface area contributed by atoms with Crippen LogP contribution in [-0.2, 0) is 0 Å². The van der Waals surface area contributed by atoms with Crippen molar-refractivity contribution in [1.29, 1.82) is 0 Å². The topological polar surface area (TPSA) is 53.6 Å². The van der Waals surface area contributed by atoms with Crippen molar-refractivity contribution in [2.45, 2.75) is 0 Å². The molecule has 0 radical (unpaired) electrons. The smallest absolute Gasteiger partial charge is 0.153 e. The molecule has 4 nitrogen and oxygen atoms in total. The van der Waals surface area contributed by atoms with Gasteiger partial charge in [0.15, 0.2) is 5.82 Å². The third-order valence-electron chi connectivity index (χ3n) is 1.66. The van der Waals surface area contributed by atoms with E-state index in [0.29, 0.717) is 16.9 Å². The Bertz CT molecular complexity index is 409. The number of aromatic nitrogens is 3. The van der Waals surface area contributed by atoms with Crippen molar-refractivity contribution in [3.8, 4) is 0 Å². The molecular formula is C7H7FN4. The SMILES string of the molecule is CNc1ncnc2[nH]cc(F)c12. The van der Waals surface area contributed by atoms with Crippen LogP contribution in [0, 0.1) is 5.82 Å². The Morgan fingerprint density at radius 3 is 3.08 bits per heavy atom. The van der Waals surface area contributed by atoms with Gasteiger partial charge in [0.05, 0.1) is 5.39 Å². The van der Waals surface area contributed by atoms with Crippen LogP contribution in [-0.4, -0.2) is 22.0 Å². The van der Waals surface area contributed by atoms with E-state index in [9.17, 15) is 4.39 Å². The number of fused-ring (bicyclic) bond motifs is 1. The van der Waals surface area contributed by atoms with Crippen LogP contribution in [0.25, 0.3) is 11.0 Å². The molecule has 2 heterocycles. The predicted octanol–water partition coefficient (Wildman–Crippen LogP) is 1.14. The summed E-state index contributed by atoms with van der Waals surface area (Å²) in [4.78, 5) is 10.4. The van der Waals surface area contributed by atoms with Crippen LogP contribution < -0.4 is 5.32 Å². The zero-order chi connectivity index (χ0) is 8.55. The minimum Gasteiger partial charge on any atom is -0.372 e. The summed E-state index contributed by atoms with van der Waals surface area (Å²) in [7, 11) is 1.69. The van der Waals surface area contributed by atoms with E-state index >= 15 is 0 Å². The van der Waals surface area contributed by atoms with E-state index in [1.807, 2.05) is 0 Å². The van der Waals surface area contributed by atoms with Crippen LogP contribution in [0.4, 0.5) is 10.2 Å². The number of halogens is 1. The number of hydrogen-bond acceptors (Lipinski definition) is 3. The Kier molecular flexibility index (Phi) is 1.43. The van der Waals surface area contributed by atoms with Gasteiger partial charge >= 0.3 is 0 Å². The highest BCUT2D eigenvalue weighted by Crippen LogP contribution is 2.20. The van der Waals surface area contributed by atoms with Gasteiger partial charge in [-0.15, -0.1) is 0 Å². The van der Waals surface area contributed by atoms with Gasteiger partial charge in [0.2, 0.25) is 0 Å². The van der Waals surface area contributed by atoms with Gasteiger partial charge in [0, 0.05) is 13.2 Å². The highest BCUT2D eigenvalue weighted by atomic mass is 19.1. The minimum absolute atomic E-state index is 0.338. The monoisotopic (exact) mass is 166 g/mol. The van der Waals surface area contributed by atoms with Crippen molar-refractivity contribution in [2.24, 2.45) is 0 Å². The summed E-state index contributed by atoms with van der Waals surface area (Å²) in [5, 5.41) is 3.19. The summed E-state index contributed by atoms with van der Waals surface area (Å²) in [6, 6.07) is 0. The van der Waals surface area contributed by atoms with E-state index in [2.05, 4.69) is 20.3 Å². The molecule has 0 aromatic carbocycles. The average molecular weight is 166 g/mol. The first-order chi connectivity index (χ1) is 5.83. The summed E-state index contributed by atoms with van der Waals surface area (Å²) in [6.07, 6.45) is 2.64. The second-order valence-corrected chi connectivity index (χ2v) is 2.33. The Hall–Kier alpha value is -1.65. The van der Waals surface area contributed by atoms with Crippen LogP contribution >= 0.6 is 0 Å². The number of nitrogens with zero attached hydrogens (tertiary/aromatic N) is 2. The van der Waals surface area contributed by atoms with Crippen molar-refractivity contribution >= 4 is 16.9 Å². The number of hydrogen-bond donors (Lipinski definition) is 2.